The summed E-state index contributed by atoms with van der Waals surface area (Å²) in [7, 11) is 4.41. The number of hydrogen-bond donors (Lipinski definition) is 1. The van der Waals surface area contributed by atoms with Crippen molar-refractivity contribution in [3.05, 3.63) is 72.4 Å². The van der Waals surface area contributed by atoms with Gasteiger partial charge in [-0.15, -0.1) is 0 Å². The van der Waals surface area contributed by atoms with Gasteiger partial charge in [0.1, 0.15) is 18.1 Å². The van der Waals surface area contributed by atoms with Crippen molar-refractivity contribution in [3.63, 3.8) is 0 Å². The Balaban J connectivity index is 1.61. The van der Waals surface area contributed by atoms with Gasteiger partial charge >= 0.3 is 0 Å². The number of halogens is 1. The van der Waals surface area contributed by atoms with Gasteiger partial charge in [0.05, 0.1) is 24.6 Å². The summed E-state index contributed by atoms with van der Waals surface area (Å²) < 4.78 is 25.3. The minimum absolute atomic E-state index is 0.0545. The number of carbonyl (C=O) groups excluding carboxylic acids is 2. The first-order valence-corrected chi connectivity index (χ1v) is 10.2. The lowest BCUT2D eigenvalue weighted by atomic mass is 10.2. The second-order valence-corrected chi connectivity index (χ2v) is 7.39. The number of anilines is 2. The van der Waals surface area contributed by atoms with Gasteiger partial charge in [0.2, 0.25) is 0 Å². The van der Waals surface area contributed by atoms with Crippen LogP contribution in [0.15, 0.2) is 61.1 Å². The number of benzene rings is 1. The van der Waals surface area contributed by atoms with Gasteiger partial charge in [-0.1, -0.05) is 0 Å². The molecule has 0 radical (unpaired) electrons. The number of rotatable bonds is 7. The monoisotopic (exact) mass is 463 g/mol. The van der Waals surface area contributed by atoms with Crippen LogP contribution in [0, 0.1) is 5.82 Å². The third kappa shape index (κ3) is 4.57. The highest BCUT2D eigenvalue weighted by Gasteiger charge is 2.17. The van der Waals surface area contributed by atoms with E-state index in [1.165, 1.54) is 37.3 Å². The Morgan fingerprint density at radius 2 is 1.91 bits per heavy atom. The summed E-state index contributed by atoms with van der Waals surface area (Å²) in [6, 6.07) is 11.1. The van der Waals surface area contributed by atoms with Crippen molar-refractivity contribution in [1.82, 2.24) is 14.4 Å². The number of imidazole rings is 1. The van der Waals surface area contributed by atoms with Crippen LogP contribution in [-0.4, -0.2) is 54.1 Å². The zero-order chi connectivity index (χ0) is 24.2. The molecule has 10 heteroatoms. The first-order valence-electron chi connectivity index (χ1n) is 10.2. The Kier molecular flexibility index (Phi) is 6.51. The summed E-state index contributed by atoms with van der Waals surface area (Å²) >= 11 is 0. The fraction of sp³-hybridized carbons (Fsp3) is 0.167. The SMILES string of the molecule is COCC(=O)Nc1ccc(-c2cnc3ccc(C(=O)N(C)c4ccc(F)c(OC)c4)cn23)cn1. The average Bonchev–Trinajstić information content (AvgIpc) is 3.27. The summed E-state index contributed by atoms with van der Waals surface area (Å²) in [4.78, 5) is 34.9. The number of hydrogen-bond acceptors (Lipinski definition) is 6. The predicted octanol–water partition coefficient (Wildman–Crippen LogP) is 3.41. The van der Waals surface area contributed by atoms with Crippen molar-refractivity contribution in [1.29, 1.82) is 0 Å². The Bertz CT molecular complexity index is 1350. The quantitative estimate of drug-likeness (QED) is 0.451. The summed E-state index contributed by atoms with van der Waals surface area (Å²) in [6.45, 7) is -0.0629. The molecule has 3 heterocycles. The van der Waals surface area contributed by atoms with E-state index in [1.54, 1.807) is 54.3 Å². The molecule has 2 amide bonds. The van der Waals surface area contributed by atoms with Crippen LogP contribution in [0.5, 0.6) is 5.75 Å². The zero-order valence-electron chi connectivity index (χ0n) is 18.8. The van der Waals surface area contributed by atoms with Crippen LogP contribution in [0.1, 0.15) is 10.4 Å². The molecule has 0 aliphatic carbocycles. The molecule has 9 nitrogen and oxygen atoms in total. The maximum absolute atomic E-state index is 13.8. The fourth-order valence-electron chi connectivity index (χ4n) is 3.42. The molecule has 0 fully saturated rings. The lowest BCUT2D eigenvalue weighted by molar-refractivity contribution is -0.119. The number of amides is 2. The molecule has 4 rings (SSSR count). The molecular weight excluding hydrogens is 441 g/mol. The molecule has 0 bridgehead atoms. The highest BCUT2D eigenvalue weighted by atomic mass is 19.1. The molecule has 1 aromatic carbocycles. The summed E-state index contributed by atoms with van der Waals surface area (Å²) in [6.07, 6.45) is 4.97. The maximum Gasteiger partial charge on any atom is 0.259 e. The first kappa shape index (κ1) is 22.9. The third-order valence-electron chi connectivity index (χ3n) is 5.18. The average molecular weight is 463 g/mol. The summed E-state index contributed by atoms with van der Waals surface area (Å²) in [5.74, 6) is -0.645. The largest absolute Gasteiger partial charge is 0.494 e. The van der Waals surface area contributed by atoms with Gasteiger partial charge in [0.15, 0.2) is 11.6 Å². The van der Waals surface area contributed by atoms with Gasteiger partial charge in [-0.25, -0.2) is 14.4 Å². The van der Waals surface area contributed by atoms with Crippen molar-refractivity contribution < 1.29 is 23.5 Å². The molecule has 0 aliphatic rings. The van der Waals surface area contributed by atoms with Crippen molar-refractivity contribution in [2.75, 3.05) is 38.1 Å². The highest BCUT2D eigenvalue weighted by Crippen LogP contribution is 2.26. The van der Waals surface area contributed by atoms with Crippen LogP contribution in [0.25, 0.3) is 16.9 Å². The Morgan fingerprint density at radius 3 is 2.62 bits per heavy atom. The topological polar surface area (TPSA) is 98.1 Å². The number of pyridine rings is 2. The van der Waals surface area contributed by atoms with Crippen LogP contribution >= 0.6 is 0 Å². The number of nitrogens with one attached hydrogen (secondary N) is 1. The lowest BCUT2D eigenvalue weighted by Crippen LogP contribution is -2.26. The van der Waals surface area contributed by atoms with Gasteiger partial charge in [-0.05, 0) is 36.4 Å². The van der Waals surface area contributed by atoms with Crippen molar-refractivity contribution in [2.45, 2.75) is 0 Å². The van der Waals surface area contributed by atoms with Crippen LogP contribution in [0.4, 0.5) is 15.9 Å². The minimum Gasteiger partial charge on any atom is -0.494 e. The van der Waals surface area contributed by atoms with E-state index in [9.17, 15) is 14.0 Å². The van der Waals surface area contributed by atoms with Crippen LogP contribution in [0.2, 0.25) is 0 Å². The van der Waals surface area contributed by atoms with Gasteiger partial charge in [0, 0.05) is 43.9 Å². The second kappa shape index (κ2) is 9.67. The summed E-state index contributed by atoms with van der Waals surface area (Å²) in [5, 5.41) is 2.64. The molecule has 0 saturated carbocycles. The Labute approximate surface area is 194 Å². The summed E-state index contributed by atoms with van der Waals surface area (Å²) in [5.41, 5.74) is 3.02. The van der Waals surface area contributed by atoms with E-state index in [2.05, 4.69) is 15.3 Å². The first-order chi connectivity index (χ1) is 16.4. The van der Waals surface area contributed by atoms with Crippen LogP contribution in [0.3, 0.4) is 0 Å². The molecule has 0 unspecified atom stereocenters. The lowest BCUT2D eigenvalue weighted by Gasteiger charge is -2.18. The number of fused-ring (bicyclic) bond motifs is 1. The van der Waals surface area contributed by atoms with Crippen molar-refractivity contribution >= 4 is 29.0 Å². The second-order valence-electron chi connectivity index (χ2n) is 7.39. The van der Waals surface area contributed by atoms with E-state index in [4.69, 9.17) is 9.47 Å². The molecule has 34 heavy (non-hydrogen) atoms. The third-order valence-corrected chi connectivity index (χ3v) is 5.18. The molecular formula is C24H22FN5O4. The van der Waals surface area contributed by atoms with Gasteiger partial charge in [-0.3, -0.25) is 14.0 Å². The van der Waals surface area contributed by atoms with Crippen LogP contribution < -0.4 is 15.0 Å². The van der Waals surface area contributed by atoms with Gasteiger partial charge < -0.3 is 19.7 Å². The highest BCUT2D eigenvalue weighted by molar-refractivity contribution is 6.05. The maximum atomic E-state index is 13.8. The molecule has 1 N–H and O–H groups in total. The minimum atomic E-state index is -0.505. The number of methoxy groups -OCH3 is 2. The van der Waals surface area contributed by atoms with E-state index in [1.807, 2.05) is 0 Å². The molecule has 3 aromatic heterocycles. The van der Waals surface area contributed by atoms with Crippen LogP contribution in [-0.2, 0) is 9.53 Å². The zero-order valence-corrected chi connectivity index (χ0v) is 18.8. The fourth-order valence-corrected chi connectivity index (χ4v) is 3.42. The van der Waals surface area contributed by atoms with Crippen molar-refractivity contribution in [3.8, 4) is 17.0 Å². The predicted molar refractivity (Wildman–Crippen MR) is 125 cm³/mol. The molecule has 0 aliphatic heterocycles. The molecule has 4 aromatic rings. The van der Waals surface area contributed by atoms with E-state index >= 15 is 0 Å². The van der Waals surface area contributed by atoms with Gasteiger partial charge in [-0.2, -0.15) is 0 Å². The van der Waals surface area contributed by atoms with E-state index < -0.39 is 5.82 Å². The molecule has 0 saturated heterocycles. The van der Waals surface area contributed by atoms with E-state index in [0.29, 0.717) is 22.7 Å². The number of nitrogens with zero attached hydrogens (tertiary/aromatic N) is 4. The van der Waals surface area contributed by atoms with Crippen molar-refractivity contribution in [2.24, 2.45) is 0 Å². The molecule has 0 spiro atoms. The molecule has 174 valence electrons. The van der Waals surface area contributed by atoms with Gasteiger partial charge in [0.25, 0.3) is 11.8 Å². The smallest absolute Gasteiger partial charge is 0.259 e. The molecule has 0 atom stereocenters. The normalized spacial score (nSPS) is 10.8. The Hall–Kier alpha value is -4.31. The number of aromatic nitrogens is 3. The standard InChI is InChI=1S/C24H22FN5O4/c1-29(17-6-7-18(25)20(10-17)34-3)24(32)16-5-9-22-27-12-19(30(22)13-16)15-4-8-21(26-11-15)28-23(31)14-33-2/h4-13H,14H2,1-3H3,(H,26,28,31). The van der Waals surface area contributed by atoms with E-state index in [0.717, 1.165) is 11.3 Å². The van der Waals surface area contributed by atoms with E-state index in [-0.39, 0.29) is 24.2 Å². The number of carbonyl (C=O) groups is 2. The Morgan fingerprint density at radius 1 is 1.09 bits per heavy atom. The number of ether oxygens (including phenoxy) is 2.